The Hall–Kier alpha value is -1.81. The second-order valence-electron chi connectivity index (χ2n) is 10.3. The second-order valence-corrected chi connectivity index (χ2v) is 10.3. The van der Waals surface area contributed by atoms with E-state index in [0.717, 1.165) is 29.8 Å². The second kappa shape index (κ2) is 7.90. The number of nitrogens with zero attached hydrogens (tertiary/aromatic N) is 2. The zero-order chi connectivity index (χ0) is 20.5. The number of ether oxygens (including phenoxy) is 1. The molecule has 28 heavy (non-hydrogen) atoms. The molecule has 0 atom stereocenters. The highest BCUT2D eigenvalue weighted by atomic mass is 16.6. The van der Waals surface area contributed by atoms with Gasteiger partial charge in [-0.15, -0.1) is 0 Å². The summed E-state index contributed by atoms with van der Waals surface area (Å²) in [5, 5.41) is 1.15. The molecule has 4 heteroatoms. The van der Waals surface area contributed by atoms with Crippen LogP contribution in [0.4, 0.5) is 4.79 Å². The third-order valence-electron chi connectivity index (χ3n) is 5.89. The topological polar surface area (TPSA) is 34.5 Å². The highest BCUT2D eigenvalue weighted by Crippen LogP contribution is 2.34. The van der Waals surface area contributed by atoms with Crippen molar-refractivity contribution in [3.05, 3.63) is 36.0 Å². The minimum Gasteiger partial charge on any atom is -0.443 e. The molecule has 0 unspecified atom stereocenters. The number of benzene rings is 1. The largest absolute Gasteiger partial charge is 0.443 e. The first-order valence-electron chi connectivity index (χ1n) is 10.6. The Kier molecular flexibility index (Phi) is 5.90. The summed E-state index contributed by atoms with van der Waals surface area (Å²) in [5.41, 5.74) is 2.06. The van der Waals surface area contributed by atoms with Crippen LogP contribution < -0.4 is 0 Å². The lowest BCUT2D eigenvalue weighted by atomic mass is 9.75. The Labute approximate surface area is 169 Å². The molecule has 0 amide bonds. The van der Waals surface area contributed by atoms with Crippen LogP contribution >= 0.6 is 0 Å². The number of likely N-dealkylation sites (tertiary alicyclic amines) is 1. The minimum atomic E-state index is -0.500. The van der Waals surface area contributed by atoms with E-state index in [1.807, 2.05) is 45.2 Å². The van der Waals surface area contributed by atoms with E-state index >= 15 is 0 Å². The molecule has 0 bridgehead atoms. The summed E-state index contributed by atoms with van der Waals surface area (Å²) in [4.78, 5) is 15.2. The quantitative estimate of drug-likeness (QED) is 0.678. The molecule has 2 heterocycles. The van der Waals surface area contributed by atoms with E-state index in [4.69, 9.17) is 4.74 Å². The summed E-state index contributed by atoms with van der Waals surface area (Å²) in [6.45, 7) is 16.2. The summed E-state index contributed by atoms with van der Waals surface area (Å²) >= 11 is 0. The van der Waals surface area contributed by atoms with Gasteiger partial charge in [-0.3, -0.25) is 4.57 Å². The number of aromatic nitrogens is 1. The van der Waals surface area contributed by atoms with Crippen LogP contribution in [0.25, 0.3) is 10.9 Å². The van der Waals surface area contributed by atoms with Crippen LogP contribution in [0.2, 0.25) is 0 Å². The molecule has 0 radical (unpaired) electrons. The van der Waals surface area contributed by atoms with Crippen LogP contribution in [0, 0.1) is 11.3 Å². The molecule has 0 N–H and O–H groups in total. The number of hydrogen-bond acceptors (Lipinski definition) is 3. The average Bonchev–Trinajstić information content (AvgIpc) is 2.97. The first-order valence-corrected chi connectivity index (χ1v) is 10.6. The minimum absolute atomic E-state index is 0.305. The van der Waals surface area contributed by atoms with Crippen LogP contribution in [0.1, 0.15) is 59.9 Å². The van der Waals surface area contributed by atoms with Crippen molar-refractivity contribution in [2.45, 2.75) is 66.4 Å². The van der Waals surface area contributed by atoms with Gasteiger partial charge in [0, 0.05) is 18.1 Å². The van der Waals surface area contributed by atoms with Gasteiger partial charge in [-0.25, -0.2) is 4.79 Å². The maximum atomic E-state index is 12.7. The van der Waals surface area contributed by atoms with Crippen LogP contribution in [0.5, 0.6) is 0 Å². The first kappa shape index (κ1) is 20.9. The van der Waals surface area contributed by atoms with Crippen molar-refractivity contribution in [1.29, 1.82) is 0 Å². The van der Waals surface area contributed by atoms with E-state index in [1.165, 1.54) is 31.5 Å². The summed E-state index contributed by atoms with van der Waals surface area (Å²) in [7, 11) is 0. The lowest BCUT2D eigenvalue weighted by molar-refractivity contribution is 0.0544. The van der Waals surface area contributed by atoms with Gasteiger partial charge < -0.3 is 9.64 Å². The zero-order valence-corrected chi connectivity index (χ0v) is 18.4. The number of hydrogen-bond donors (Lipinski definition) is 0. The molecule has 0 aliphatic carbocycles. The van der Waals surface area contributed by atoms with Crippen molar-refractivity contribution in [3.8, 4) is 0 Å². The average molecular weight is 385 g/mol. The maximum absolute atomic E-state index is 12.7. The van der Waals surface area contributed by atoms with Crippen molar-refractivity contribution in [3.63, 3.8) is 0 Å². The Morgan fingerprint density at radius 1 is 1.07 bits per heavy atom. The molecular weight excluding hydrogens is 348 g/mol. The number of para-hydroxylation sites is 1. The molecule has 3 rings (SSSR count). The third-order valence-corrected chi connectivity index (χ3v) is 5.89. The van der Waals surface area contributed by atoms with E-state index in [9.17, 15) is 4.79 Å². The van der Waals surface area contributed by atoms with E-state index in [2.05, 4.69) is 31.7 Å². The Morgan fingerprint density at radius 2 is 1.71 bits per heavy atom. The molecule has 0 spiro atoms. The standard InChI is InChI=1S/C24H36N2O2/c1-23(2,3)19-12-15-25(16-13-19)14-11-18-17-26(22(27)28-24(4,5)6)21-10-8-7-9-20(18)21/h7-10,17,19H,11-16H2,1-6H3. The van der Waals surface area contributed by atoms with E-state index in [0.29, 0.717) is 5.41 Å². The first-order chi connectivity index (χ1) is 13.0. The van der Waals surface area contributed by atoms with Gasteiger partial charge in [0.1, 0.15) is 5.60 Å². The fourth-order valence-corrected chi connectivity index (χ4v) is 4.21. The number of carbonyl (C=O) groups is 1. The molecule has 1 fully saturated rings. The van der Waals surface area contributed by atoms with Crippen molar-refractivity contribution < 1.29 is 9.53 Å². The van der Waals surface area contributed by atoms with Gasteiger partial charge in [-0.1, -0.05) is 39.0 Å². The molecule has 1 aliphatic rings. The van der Waals surface area contributed by atoms with Crippen LogP contribution in [-0.2, 0) is 11.2 Å². The van der Waals surface area contributed by atoms with Crippen molar-refractivity contribution in [1.82, 2.24) is 9.47 Å². The molecule has 154 valence electrons. The summed E-state index contributed by atoms with van der Waals surface area (Å²) in [6.07, 6.45) is 5.18. The van der Waals surface area contributed by atoms with E-state index in [1.54, 1.807) is 4.57 Å². The van der Waals surface area contributed by atoms with E-state index in [-0.39, 0.29) is 6.09 Å². The lowest BCUT2D eigenvalue weighted by Gasteiger charge is -2.38. The number of carbonyl (C=O) groups excluding carboxylic acids is 1. The van der Waals surface area contributed by atoms with Crippen LogP contribution in [0.15, 0.2) is 30.5 Å². The normalized spacial score (nSPS) is 17.2. The van der Waals surface area contributed by atoms with Gasteiger partial charge in [0.05, 0.1) is 5.52 Å². The highest BCUT2D eigenvalue weighted by molar-refractivity contribution is 5.92. The molecule has 4 nitrogen and oxygen atoms in total. The van der Waals surface area contributed by atoms with Gasteiger partial charge in [-0.05, 0) is 76.1 Å². The maximum Gasteiger partial charge on any atom is 0.419 e. The molecular formula is C24H36N2O2. The van der Waals surface area contributed by atoms with Gasteiger partial charge in [0.15, 0.2) is 0 Å². The molecule has 0 saturated carbocycles. The van der Waals surface area contributed by atoms with Gasteiger partial charge in [-0.2, -0.15) is 0 Å². The molecule has 1 aliphatic heterocycles. The van der Waals surface area contributed by atoms with Gasteiger partial charge >= 0.3 is 6.09 Å². The predicted molar refractivity (Wildman–Crippen MR) is 116 cm³/mol. The predicted octanol–water partition coefficient (Wildman–Crippen LogP) is 5.73. The van der Waals surface area contributed by atoms with Crippen molar-refractivity contribution in [2.24, 2.45) is 11.3 Å². The SMILES string of the molecule is CC(C)(C)OC(=O)n1cc(CCN2CCC(C(C)(C)C)CC2)c2ccccc21. The molecule has 2 aromatic rings. The summed E-state index contributed by atoms with van der Waals surface area (Å²) in [6, 6.07) is 8.12. The summed E-state index contributed by atoms with van der Waals surface area (Å²) < 4.78 is 7.27. The molecule has 1 saturated heterocycles. The Morgan fingerprint density at radius 3 is 2.32 bits per heavy atom. The number of fused-ring (bicyclic) bond motifs is 1. The third kappa shape index (κ3) is 4.96. The van der Waals surface area contributed by atoms with Crippen LogP contribution in [-0.4, -0.2) is 40.8 Å². The monoisotopic (exact) mass is 384 g/mol. The fraction of sp³-hybridized carbons (Fsp3) is 0.625. The van der Waals surface area contributed by atoms with Crippen molar-refractivity contribution in [2.75, 3.05) is 19.6 Å². The Bertz CT molecular complexity index is 815. The van der Waals surface area contributed by atoms with Crippen molar-refractivity contribution >= 4 is 17.0 Å². The number of piperidine rings is 1. The van der Waals surface area contributed by atoms with Gasteiger partial charge in [0.25, 0.3) is 0 Å². The van der Waals surface area contributed by atoms with Crippen LogP contribution in [0.3, 0.4) is 0 Å². The molecule has 1 aromatic heterocycles. The van der Waals surface area contributed by atoms with E-state index < -0.39 is 5.60 Å². The molecule has 1 aromatic carbocycles. The Balaban J connectivity index is 1.70. The van der Waals surface area contributed by atoms with Gasteiger partial charge in [0.2, 0.25) is 0 Å². The fourth-order valence-electron chi connectivity index (χ4n) is 4.21. The zero-order valence-electron chi connectivity index (χ0n) is 18.4. The highest BCUT2D eigenvalue weighted by Gasteiger charge is 2.28. The lowest BCUT2D eigenvalue weighted by Crippen LogP contribution is -2.38. The number of rotatable bonds is 3. The smallest absolute Gasteiger partial charge is 0.419 e. The summed E-state index contributed by atoms with van der Waals surface area (Å²) in [5.74, 6) is 0.817.